The molecule has 1 fully saturated rings. The first-order valence-electron chi connectivity index (χ1n) is 8.19. The highest BCUT2D eigenvalue weighted by molar-refractivity contribution is 5.76. The summed E-state index contributed by atoms with van der Waals surface area (Å²) in [7, 11) is 0. The summed E-state index contributed by atoms with van der Waals surface area (Å²) in [6.45, 7) is 8.42. The Balaban J connectivity index is 2.39. The third-order valence-corrected chi connectivity index (χ3v) is 4.18. The molecule has 0 bridgehead atoms. The molecule has 1 aliphatic heterocycles. The van der Waals surface area contributed by atoms with Gasteiger partial charge in [-0.05, 0) is 32.1 Å². The van der Waals surface area contributed by atoms with E-state index in [1.54, 1.807) is 0 Å². The van der Waals surface area contributed by atoms with Crippen molar-refractivity contribution in [2.45, 2.75) is 71.4 Å². The van der Waals surface area contributed by atoms with Gasteiger partial charge < -0.3 is 15.3 Å². The Labute approximate surface area is 123 Å². The Morgan fingerprint density at radius 1 is 1.15 bits per heavy atom. The number of aliphatic hydroxyl groups is 1. The van der Waals surface area contributed by atoms with Gasteiger partial charge in [0, 0.05) is 38.2 Å². The summed E-state index contributed by atoms with van der Waals surface area (Å²) in [6.07, 6.45) is 6.11. The Kier molecular flexibility index (Phi) is 8.15. The molecule has 1 aliphatic rings. The second-order valence-corrected chi connectivity index (χ2v) is 6.43. The van der Waals surface area contributed by atoms with Crippen LogP contribution >= 0.6 is 0 Å². The average Bonchev–Trinajstić information content (AvgIpc) is 2.66. The maximum absolute atomic E-state index is 12.3. The van der Waals surface area contributed by atoms with Crippen LogP contribution in [0.15, 0.2) is 0 Å². The van der Waals surface area contributed by atoms with Gasteiger partial charge in [0.05, 0.1) is 0 Å². The third kappa shape index (κ3) is 6.23. The largest absolute Gasteiger partial charge is 0.396 e. The number of carbonyl (C=O) groups is 1. The number of amides is 1. The number of aliphatic hydroxyl groups excluding tert-OH is 1. The van der Waals surface area contributed by atoms with Crippen LogP contribution < -0.4 is 5.32 Å². The quantitative estimate of drug-likeness (QED) is 0.753. The first-order valence-corrected chi connectivity index (χ1v) is 8.19. The van der Waals surface area contributed by atoms with Gasteiger partial charge in [-0.2, -0.15) is 0 Å². The van der Waals surface area contributed by atoms with E-state index in [4.69, 9.17) is 5.11 Å². The molecule has 1 saturated heterocycles. The Morgan fingerprint density at radius 2 is 1.75 bits per heavy atom. The van der Waals surface area contributed by atoms with Crippen LogP contribution in [0.25, 0.3) is 0 Å². The normalized spacial score (nSPS) is 19.8. The molecule has 0 aromatic carbocycles. The number of nitrogens with zero attached hydrogens (tertiary/aromatic N) is 1. The molecule has 0 aromatic heterocycles. The maximum atomic E-state index is 12.3. The van der Waals surface area contributed by atoms with Crippen LogP contribution in [0.1, 0.15) is 59.3 Å². The van der Waals surface area contributed by atoms with Crippen molar-refractivity contribution in [3.05, 3.63) is 0 Å². The molecule has 0 aliphatic carbocycles. The van der Waals surface area contributed by atoms with Gasteiger partial charge in [-0.1, -0.05) is 26.7 Å². The highest BCUT2D eigenvalue weighted by Crippen LogP contribution is 2.12. The Bertz CT molecular complexity index is 274. The van der Waals surface area contributed by atoms with Gasteiger partial charge in [-0.25, -0.2) is 0 Å². The van der Waals surface area contributed by atoms with E-state index in [9.17, 15) is 4.79 Å². The van der Waals surface area contributed by atoms with Gasteiger partial charge in [0.2, 0.25) is 5.91 Å². The fraction of sp³-hybridized carbons (Fsp3) is 0.938. The van der Waals surface area contributed by atoms with Gasteiger partial charge in [0.1, 0.15) is 0 Å². The van der Waals surface area contributed by atoms with E-state index < -0.39 is 0 Å². The predicted molar refractivity (Wildman–Crippen MR) is 82.6 cm³/mol. The molecule has 4 nitrogen and oxygen atoms in total. The predicted octanol–water partition coefficient (Wildman–Crippen LogP) is 2.16. The lowest BCUT2D eigenvalue weighted by atomic mass is 10.00. The van der Waals surface area contributed by atoms with Crippen LogP contribution in [-0.4, -0.2) is 47.7 Å². The standard InChI is InChI=1S/C16H32N2O2/c1-13(2)15(8-11-19)17-14(3)12-16(20)18-9-6-4-5-7-10-18/h13-15,17,19H,4-12H2,1-3H3. The lowest BCUT2D eigenvalue weighted by Crippen LogP contribution is -2.43. The Hall–Kier alpha value is -0.610. The molecule has 2 unspecified atom stereocenters. The minimum atomic E-state index is 0.171. The molecule has 1 rings (SSSR count). The molecule has 0 radical (unpaired) electrons. The summed E-state index contributed by atoms with van der Waals surface area (Å²) >= 11 is 0. The second kappa shape index (κ2) is 9.35. The molecular weight excluding hydrogens is 252 g/mol. The second-order valence-electron chi connectivity index (χ2n) is 6.43. The molecule has 0 aromatic rings. The number of likely N-dealkylation sites (tertiary alicyclic amines) is 1. The summed E-state index contributed by atoms with van der Waals surface area (Å²) in [5, 5.41) is 12.6. The molecule has 0 spiro atoms. The van der Waals surface area contributed by atoms with Crippen LogP contribution in [0.5, 0.6) is 0 Å². The van der Waals surface area contributed by atoms with Crippen LogP contribution in [0.4, 0.5) is 0 Å². The minimum Gasteiger partial charge on any atom is -0.396 e. The van der Waals surface area contributed by atoms with Gasteiger partial charge in [-0.3, -0.25) is 4.79 Å². The van der Waals surface area contributed by atoms with Gasteiger partial charge in [-0.15, -0.1) is 0 Å². The smallest absolute Gasteiger partial charge is 0.224 e. The summed E-state index contributed by atoms with van der Waals surface area (Å²) in [5.41, 5.74) is 0. The average molecular weight is 284 g/mol. The third-order valence-electron chi connectivity index (χ3n) is 4.18. The van der Waals surface area contributed by atoms with E-state index in [-0.39, 0.29) is 24.6 Å². The fourth-order valence-corrected chi connectivity index (χ4v) is 2.88. The first-order chi connectivity index (χ1) is 9.54. The summed E-state index contributed by atoms with van der Waals surface area (Å²) in [5.74, 6) is 0.747. The molecule has 1 heterocycles. The van der Waals surface area contributed by atoms with Crippen molar-refractivity contribution in [1.29, 1.82) is 0 Å². The molecule has 2 N–H and O–H groups in total. The zero-order valence-corrected chi connectivity index (χ0v) is 13.4. The SMILES string of the molecule is CC(CC(=O)N1CCCCCC1)NC(CCO)C(C)C. The zero-order chi connectivity index (χ0) is 15.0. The van der Waals surface area contributed by atoms with E-state index >= 15 is 0 Å². The van der Waals surface area contributed by atoms with Crippen molar-refractivity contribution >= 4 is 5.91 Å². The van der Waals surface area contributed by atoms with Crippen molar-refractivity contribution in [1.82, 2.24) is 10.2 Å². The lowest BCUT2D eigenvalue weighted by molar-refractivity contribution is -0.131. The van der Waals surface area contributed by atoms with Crippen molar-refractivity contribution in [2.75, 3.05) is 19.7 Å². The maximum Gasteiger partial charge on any atom is 0.224 e. The molecule has 0 saturated carbocycles. The molecular formula is C16H32N2O2. The van der Waals surface area contributed by atoms with E-state index in [1.807, 2.05) is 4.90 Å². The highest BCUT2D eigenvalue weighted by Gasteiger charge is 2.20. The van der Waals surface area contributed by atoms with Crippen molar-refractivity contribution in [3.8, 4) is 0 Å². The lowest BCUT2D eigenvalue weighted by Gasteiger charge is -2.27. The summed E-state index contributed by atoms with van der Waals surface area (Å²) < 4.78 is 0. The first kappa shape index (κ1) is 17.4. The van der Waals surface area contributed by atoms with Gasteiger partial charge in [0.15, 0.2) is 0 Å². The molecule has 1 amide bonds. The van der Waals surface area contributed by atoms with E-state index in [1.165, 1.54) is 12.8 Å². The van der Waals surface area contributed by atoms with E-state index in [0.717, 1.165) is 32.4 Å². The number of rotatable bonds is 7. The minimum absolute atomic E-state index is 0.171. The van der Waals surface area contributed by atoms with Crippen LogP contribution in [0, 0.1) is 5.92 Å². The Morgan fingerprint density at radius 3 is 2.25 bits per heavy atom. The summed E-state index contributed by atoms with van der Waals surface area (Å²) in [4.78, 5) is 14.3. The number of nitrogens with one attached hydrogen (secondary N) is 1. The fourth-order valence-electron chi connectivity index (χ4n) is 2.88. The van der Waals surface area contributed by atoms with Crippen LogP contribution in [0.2, 0.25) is 0 Å². The van der Waals surface area contributed by atoms with E-state index in [0.29, 0.717) is 12.3 Å². The number of hydrogen-bond acceptors (Lipinski definition) is 3. The number of carbonyl (C=O) groups excluding carboxylic acids is 1. The van der Waals surface area contributed by atoms with Crippen molar-refractivity contribution in [2.24, 2.45) is 5.92 Å². The highest BCUT2D eigenvalue weighted by atomic mass is 16.3. The van der Waals surface area contributed by atoms with Gasteiger partial charge in [0.25, 0.3) is 0 Å². The van der Waals surface area contributed by atoms with Crippen LogP contribution in [0.3, 0.4) is 0 Å². The monoisotopic (exact) mass is 284 g/mol. The topological polar surface area (TPSA) is 52.6 Å². The molecule has 4 heteroatoms. The van der Waals surface area contributed by atoms with Crippen LogP contribution in [-0.2, 0) is 4.79 Å². The zero-order valence-electron chi connectivity index (χ0n) is 13.4. The molecule has 20 heavy (non-hydrogen) atoms. The molecule has 118 valence electrons. The number of hydrogen-bond donors (Lipinski definition) is 2. The van der Waals surface area contributed by atoms with Crippen molar-refractivity contribution in [3.63, 3.8) is 0 Å². The summed E-state index contributed by atoms with van der Waals surface area (Å²) in [6, 6.07) is 0.455. The van der Waals surface area contributed by atoms with Crippen molar-refractivity contribution < 1.29 is 9.90 Å². The van der Waals surface area contributed by atoms with E-state index in [2.05, 4.69) is 26.1 Å². The molecule has 2 atom stereocenters. The van der Waals surface area contributed by atoms with Gasteiger partial charge >= 0.3 is 0 Å².